The maximum absolute atomic E-state index is 10.5. The van der Waals surface area contributed by atoms with Gasteiger partial charge in [-0.25, -0.2) is 0 Å². The molecule has 0 aromatic heterocycles. The standard InChI is InChI=1S/C5H9O2S/c1-5(2,4-6)8(3)7/h1-3H3. The fourth-order valence-corrected chi connectivity index (χ4v) is 0.176. The van der Waals surface area contributed by atoms with E-state index in [9.17, 15) is 9.35 Å². The van der Waals surface area contributed by atoms with Crippen LogP contribution in [0.1, 0.15) is 13.8 Å². The summed E-state index contributed by atoms with van der Waals surface area (Å²) >= 11 is -1.10. The molecule has 0 saturated carbocycles. The highest BCUT2D eigenvalue weighted by atomic mass is 32.2. The molecule has 0 aromatic rings. The molecule has 0 aliphatic carbocycles. The van der Waals surface area contributed by atoms with Crippen molar-refractivity contribution in [3.8, 4) is 0 Å². The van der Waals surface area contributed by atoms with Crippen LogP contribution in [0.4, 0.5) is 0 Å². The average Bonchev–Trinajstić information content (AvgIpc) is 1.67. The molecule has 0 saturated heterocycles. The van der Waals surface area contributed by atoms with E-state index in [4.69, 9.17) is 0 Å². The minimum Gasteiger partial charge on any atom is -0.616 e. The summed E-state index contributed by atoms with van der Waals surface area (Å²) in [4.78, 5) is 9.95. The summed E-state index contributed by atoms with van der Waals surface area (Å²) in [5, 5.41) is 0. The van der Waals surface area contributed by atoms with Gasteiger partial charge in [0.25, 0.3) is 6.29 Å². The highest BCUT2D eigenvalue weighted by molar-refractivity contribution is 7.92. The molecule has 3 heteroatoms. The first-order valence-electron chi connectivity index (χ1n) is 2.23. The van der Waals surface area contributed by atoms with Gasteiger partial charge in [-0.3, -0.25) is 4.79 Å². The predicted octanol–water partition coefficient (Wildman–Crippen LogP) is 0.253. The maximum atomic E-state index is 10.5. The third-order valence-corrected chi connectivity index (χ3v) is 2.49. The first-order valence-corrected chi connectivity index (χ1v) is 3.79. The Bertz CT molecular complexity index is 88.4. The van der Waals surface area contributed by atoms with E-state index in [0.29, 0.717) is 0 Å². The van der Waals surface area contributed by atoms with Crippen molar-refractivity contribution in [3.63, 3.8) is 0 Å². The van der Waals surface area contributed by atoms with Crippen molar-refractivity contribution in [1.29, 1.82) is 0 Å². The van der Waals surface area contributed by atoms with Crippen LogP contribution in [-0.2, 0) is 16.0 Å². The van der Waals surface area contributed by atoms with E-state index in [-0.39, 0.29) is 0 Å². The van der Waals surface area contributed by atoms with Crippen LogP contribution in [0.3, 0.4) is 0 Å². The molecule has 0 aliphatic heterocycles. The lowest BCUT2D eigenvalue weighted by Gasteiger charge is -2.17. The van der Waals surface area contributed by atoms with E-state index in [1.54, 1.807) is 20.1 Å². The van der Waals surface area contributed by atoms with Gasteiger partial charge in [0.15, 0.2) is 4.75 Å². The van der Waals surface area contributed by atoms with E-state index in [1.165, 1.54) is 6.26 Å². The van der Waals surface area contributed by atoms with Crippen molar-refractivity contribution in [3.05, 3.63) is 0 Å². The first-order chi connectivity index (χ1) is 3.50. The molecule has 0 fully saturated rings. The normalized spacial score (nSPS) is 15.5. The van der Waals surface area contributed by atoms with Crippen molar-refractivity contribution in [2.45, 2.75) is 18.6 Å². The molecule has 0 bridgehead atoms. The van der Waals surface area contributed by atoms with E-state index in [1.807, 2.05) is 0 Å². The monoisotopic (exact) mass is 133 g/mol. The summed E-state index contributed by atoms with van der Waals surface area (Å²) in [6.45, 7) is 3.19. The molecule has 0 N–H and O–H groups in total. The number of rotatable bonds is 2. The van der Waals surface area contributed by atoms with Gasteiger partial charge in [0.2, 0.25) is 0 Å². The fraction of sp³-hybridized carbons (Fsp3) is 0.800. The molecule has 0 spiro atoms. The maximum Gasteiger partial charge on any atom is 0.258 e. The Kier molecular flexibility index (Phi) is 2.50. The zero-order valence-corrected chi connectivity index (χ0v) is 6.04. The quantitative estimate of drug-likeness (QED) is 0.507. The molecule has 1 atom stereocenters. The zero-order valence-electron chi connectivity index (χ0n) is 5.22. The largest absolute Gasteiger partial charge is 0.616 e. The third-order valence-electron chi connectivity index (χ3n) is 0.964. The van der Waals surface area contributed by atoms with Crippen LogP contribution in [0.2, 0.25) is 0 Å². The van der Waals surface area contributed by atoms with Gasteiger partial charge in [-0.15, -0.1) is 0 Å². The minimum atomic E-state index is -1.10. The first kappa shape index (κ1) is 7.98. The van der Waals surface area contributed by atoms with Crippen LogP contribution < -0.4 is 0 Å². The molecule has 47 valence electrons. The highest BCUT2D eigenvalue weighted by Crippen LogP contribution is 2.09. The molecule has 0 rings (SSSR count). The molecular weight excluding hydrogens is 124 g/mol. The Morgan fingerprint density at radius 3 is 2.00 bits per heavy atom. The smallest absolute Gasteiger partial charge is 0.258 e. The second-order valence-corrected chi connectivity index (χ2v) is 4.00. The average molecular weight is 133 g/mol. The van der Waals surface area contributed by atoms with Crippen molar-refractivity contribution >= 4 is 17.5 Å². The third kappa shape index (κ3) is 1.84. The molecular formula is C5H9O2S. The van der Waals surface area contributed by atoms with Crippen LogP contribution >= 0.6 is 0 Å². The van der Waals surface area contributed by atoms with Crippen molar-refractivity contribution in [2.75, 3.05) is 6.26 Å². The summed E-state index contributed by atoms with van der Waals surface area (Å²) in [7, 11) is 0. The van der Waals surface area contributed by atoms with Crippen molar-refractivity contribution in [2.24, 2.45) is 0 Å². The molecule has 1 radical (unpaired) electrons. The molecule has 0 aliphatic rings. The molecule has 8 heavy (non-hydrogen) atoms. The van der Waals surface area contributed by atoms with Crippen LogP contribution in [0.25, 0.3) is 0 Å². The van der Waals surface area contributed by atoms with Gasteiger partial charge in [-0.05, 0) is 25.0 Å². The number of hydrogen-bond donors (Lipinski definition) is 0. The Balaban J connectivity index is 3.90. The lowest BCUT2D eigenvalue weighted by atomic mass is 10.2. The summed E-state index contributed by atoms with van der Waals surface area (Å²) in [6.07, 6.45) is 3.18. The Morgan fingerprint density at radius 2 is 2.00 bits per heavy atom. The number of carbonyl (C=O) groups excluding carboxylic acids is 1. The zero-order chi connectivity index (χ0) is 6.78. The minimum absolute atomic E-state index is 0.792. The molecule has 0 heterocycles. The summed E-state index contributed by atoms with van der Waals surface area (Å²) < 4.78 is 9.75. The van der Waals surface area contributed by atoms with E-state index in [0.717, 1.165) is 0 Å². The van der Waals surface area contributed by atoms with Gasteiger partial charge in [-0.1, -0.05) is 0 Å². The molecule has 1 unspecified atom stereocenters. The SMILES string of the molecule is C[S+]([O-])C(C)(C)[C]=O. The lowest BCUT2D eigenvalue weighted by Crippen LogP contribution is -2.32. The summed E-state index contributed by atoms with van der Waals surface area (Å²) in [5.74, 6) is 0. The second kappa shape index (κ2) is 2.51. The Morgan fingerprint density at radius 1 is 1.62 bits per heavy atom. The lowest BCUT2D eigenvalue weighted by molar-refractivity contribution is 0.530. The van der Waals surface area contributed by atoms with Crippen LogP contribution in [0.15, 0.2) is 0 Å². The predicted molar refractivity (Wildman–Crippen MR) is 33.8 cm³/mol. The fourth-order valence-electron chi connectivity index (χ4n) is 0.0587. The van der Waals surface area contributed by atoms with Gasteiger partial charge >= 0.3 is 0 Å². The van der Waals surface area contributed by atoms with Crippen LogP contribution in [0.5, 0.6) is 0 Å². The summed E-state index contributed by atoms with van der Waals surface area (Å²) in [6, 6.07) is 0. The molecule has 0 amide bonds. The summed E-state index contributed by atoms with van der Waals surface area (Å²) in [5.41, 5.74) is 0. The number of hydrogen-bond acceptors (Lipinski definition) is 2. The van der Waals surface area contributed by atoms with Crippen molar-refractivity contribution < 1.29 is 9.35 Å². The van der Waals surface area contributed by atoms with Gasteiger partial charge in [0.1, 0.15) is 0 Å². The molecule has 0 aromatic carbocycles. The Hall–Kier alpha value is -0.0200. The van der Waals surface area contributed by atoms with Crippen molar-refractivity contribution in [1.82, 2.24) is 0 Å². The van der Waals surface area contributed by atoms with E-state index in [2.05, 4.69) is 0 Å². The highest BCUT2D eigenvalue weighted by Gasteiger charge is 2.28. The Labute approximate surface area is 52.5 Å². The van der Waals surface area contributed by atoms with Gasteiger partial charge in [0.05, 0.1) is 6.26 Å². The van der Waals surface area contributed by atoms with Gasteiger partial charge in [-0.2, -0.15) is 0 Å². The second-order valence-electron chi connectivity index (χ2n) is 2.07. The van der Waals surface area contributed by atoms with Crippen LogP contribution in [-0.4, -0.2) is 21.8 Å². The van der Waals surface area contributed by atoms with E-state index >= 15 is 0 Å². The van der Waals surface area contributed by atoms with Gasteiger partial charge < -0.3 is 4.55 Å². The topological polar surface area (TPSA) is 40.1 Å². The molecule has 2 nitrogen and oxygen atoms in total. The van der Waals surface area contributed by atoms with E-state index < -0.39 is 15.9 Å². The van der Waals surface area contributed by atoms with Crippen LogP contribution in [0, 0.1) is 0 Å². The van der Waals surface area contributed by atoms with Gasteiger partial charge in [0, 0.05) is 0 Å².